The van der Waals surface area contributed by atoms with Crippen molar-refractivity contribution in [2.45, 2.75) is 24.0 Å². The molecule has 5 heteroatoms. The van der Waals surface area contributed by atoms with Crippen LogP contribution in [0.1, 0.15) is 27.5 Å². The number of sulfone groups is 1. The number of benzene rings is 3. The van der Waals surface area contributed by atoms with Crippen LogP contribution >= 0.6 is 0 Å². The Morgan fingerprint density at radius 2 is 1.55 bits per heavy atom. The zero-order chi connectivity index (χ0) is 20.6. The number of rotatable bonds is 5. The quantitative estimate of drug-likeness (QED) is 0.486. The molecular formula is C24H23NO3S. The lowest BCUT2D eigenvalue weighted by atomic mass is 10.0. The standard InChI is InChI=1S/C24H23NO3S/c1-16-8-11-18(12-9-16)29(26,27)24(19-6-4-5-7-23(19)28-3)21-15-25-22-13-10-17(2)14-20(21)22/h4-15,24-25H,1-3H3. The zero-order valence-electron chi connectivity index (χ0n) is 16.6. The summed E-state index contributed by atoms with van der Waals surface area (Å²) in [7, 11) is -2.17. The van der Waals surface area contributed by atoms with Gasteiger partial charge in [0.1, 0.15) is 11.0 Å². The number of hydrogen-bond donors (Lipinski definition) is 1. The summed E-state index contributed by atoms with van der Waals surface area (Å²) in [4.78, 5) is 3.52. The maximum absolute atomic E-state index is 13.9. The van der Waals surface area contributed by atoms with Crippen LogP contribution < -0.4 is 4.74 Å². The summed E-state index contributed by atoms with van der Waals surface area (Å²) in [5.74, 6) is 0.551. The molecule has 1 unspecified atom stereocenters. The molecule has 4 nitrogen and oxygen atoms in total. The van der Waals surface area contributed by atoms with E-state index in [0.29, 0.717) is 21.8 Å². The van der Waals surface area contributed by atoms with Crippen molar-refractivity contribution in [2.75, 3.05) is 7.11 Å². The average Bonchev–Trinajstić information content (AvgIpc) is 3.11. The van der Waals surface area contributed by atoms with Crippen molar-refractivity contribution in [3.8, 4) is 5.75 Å². The third kappa shape index (κ3) is 3.42. The Hall–Kier alpha value is -3.05. The number of hydrogen-bond acceptors (Lipinski definition) is 3. The summed E-state index contributed by atoms with van der Waals surface area (Å²) in [6.07, 6.45) is 1.80. The minimum atomic E-state index is -3.73. The SMILES string of the molecule is COc1ccccc1C(c1c[nH]c2ccc(C)cc12)S(=O)(=O)c1ccc(C)cc1. The Balaban J connectivity index is 2.02. The number of methoxy groups -OCH3 is 1. The van der Waals surface area contributed by atoms with E-state index in [4.69, 9.17) is 4.74 Å². The molecule has 1 N–H and O–H groups in total. The topological polar surface area (TPSA) is 59.2 Å². The molecule has 148 valence electrons. The van der Waals surface area contributed by atoms with Crippen LogP contribution in [-0.2, 0) is 9.84 Å². The molecule has 0 amide bonds. The van der Waals surface area contributed by atoms with Gasteiger partial charge in [-0.2, -0.15) is 0 Å². The molecule has 0 aliphatic rings. The number of nitrogens with one attached hydrogen (secondary N) is 1. The van der Waals surface area contributed by atoms with Crippen LogP contribution in [0.4, 0.5) is 0 Å². The van der Waals surface area contributed by atoms with Gasteiger partial charge in [-0.3, -0.25) is 0 Å². The molecule has 4 aromatic rings. The van der Waals surface area contributed by atoms with Gasteiger partial charge in [0, 0.05) is 28.2 Å². The summed E-state index contributed by atoms with van der Waals surface area (Å²) in [6.45, 7) is 3.94. The Morgan fingerprint density at radius 3 is 2.28 bits per heavy atom. The largest absolute Gasteiger partial charge is 0.496 e. The van der Waals surface area contributed by atoms with E-state index < -0.39 is 15.1 Å². The molecule has 0 aliphatic heterocycles. The number of aryl methyl sites for hydroxylation is 2. The highest BCUT2D eigenvalue weighted by atomic mass is 32.2. The summed E-state index contributed by atoms with van der Waals surface area (Å²) in [5.41, 5.74) is 4.33. The first-order valence-corrected chi connectivity index (χ1v) is 11.0. The van der Waals surface area contributed by atoms with E-state index in [-0.39, 0.29) is 0 Å². The molecule has 3 aromatic carbocycles. The predicted octanol–water partition coefficient (Wildman–Crippen LogP) is 5.36. The second kappa shape index (κ2) is 7.41. The van der Waals surface area contributed by atoms with Gasteiger partial charge in [0.15, 0.2) is 9.84 Å². The summed E-state index contributed by atoms with van der Waals surface area (Å²) in [6, 6.07) is 20.3. The van der Waals surface area contributed by atoms with Crippen LogP contribution in [0.5, 0.6) is 5.75 Å². The monoisotopic (exact) mass is 405 g/mol. The summed E-state index contributed by atoms with van der Waals surface area (Å²) >= 11 is 0. The van der Waals surface area contributed by atoms with Gasteiger partial charge in [-0.25, -0.2) is 8.42 Å². The van der Waals surface area contributed by atoms with Crippen LogP contribution in [-0.4, -0.2) is 20.5 Å². The van der Waals surface area contributed by atoms with Crippen molar-refractivity contribution in [3.63, 3.8) is 0 Å². The van der Waals surface area contributed by atoms with Crippen LogP contribution in [0.3, 0.4) is 0 Å². The molecule has 0 aliphatic carbocycles. The van der Waals surface area contributed by atoms with Crippen LogP contribution in [0.15, 0.2) is 77.8 Å². The second-order valence-corrected chi connectivity index (χ2v) is 9.31. The van der Waals surface area contributed by atoms with E-state index in [9.17, 15) is 8.42 Å². The van der Waals surface area contributed by atoms with Crippen LogP contribution in [0.2, 0.25) is 0 Å². The molecule has 0 fully saturated rings. The van der Waals surface area contributed by atoms with Crippen molar-refractivity contribution >= 4 is 20.7 Å². The van der Waals surface area contributed by atoms with Gasteiger partial charge in [-0.05, 0) is 44.2 Å². The van der Waals surface area contributed by atoms with E-state index >= 15 is 0 Å². The van der Waals surface area contributed by atoms with Crippen molar-refractivity contribution in [1.82, 2.24) is 4.98 Å². The van der Waals surface area contributed by atoms with Gasteiger partial charge in [0.2, 0.25) is 0 Å². The molecule has 0 radical (unpaired) electrons. The summed E-state index contributed by atoms with van der Waals surface area (Å²) < 4.78 is 33.3. The first-order chi connectivity index (χ1) is 13.9. The smallest absolute Gasteiger partial charge is 0.189 e. The third-order valence-corrected chi connectivity index (χ3v) is 7.29. The maximum atomic E-state index is 13.9. The number of fused-ring (bicyclic) bond motifs is 1. The van der Waals surface area contributed by atoms with Gasteiger partial charge in [-0.15, -0.1) is 0 Å². The highest BCUT2D eigenvalue weighted by molar-refractivity contribution is 7.92. The predicted molar refractivity (Wildman–Crippen MR) is 116 cm³/mol. The molecule has 1 aromatic heterocycles. The maximum Gasteiger partial charge on any atom is 0.189 e. The van der Waals surface area contributed by atoms with Gasteiger partial charge in [-0.1, -0.05) is 47.5 Å². The van der Waals surface area contributed by atoms with E-state index in [1.807, 2.05) is 62.4 Å². The number of aromatic nitrogens is 1. The van der Waals surface area contributed by atoms with Crippen molar-refractivity contribution < 1.29 is 13.2 Å². The van der Waals surface area contributed by atoms with Crippen molar-refractivity contribution in [1.29, 1.82) is 0 Å². The Labute approximate surface area is 171 Å². The number of para-hydroxylation sites is 1. The molecule has 0 saturated carbocycles. The van der Waals surface area contributed by atoms with Crippen LogP contribution in [0, 0.1) is 13.8 Å². The lowest BCUT2D eigenvalue weighted by Gasteiger charge is -2.21. The van der Waals surface area contributed by atoms with Gasteiger partial charge >= 0.3 is 0 Å². The fourth-order valence-electron chi connectivity index (χ4n) is 3.72. The molecule has 4 rings (SSSR count). The van der Waals surface area contributed by atoms with Gasteiger partial charge in [0.05, 0.1) is 12.0 Å². The molecule has 1 heterocycles. The molecule has 0 bridgehead atoms. The first kappa shape index (κ1) is 19.3. The normalized spacial score (nSPS) is 12.8. The minimum Gasteiger partial charge on any atom is -0.496 e. The molecule has 0 saturated heterocycles. The minimum absolute atomic E-state index is 0.293. The van der Waals surface area contributed by atoms with E-state index in [0.717, 1.165) is 22.0 Å². The zero-order valence-corrected chi connectivity index (χ0v) is 17.5. The van der Waals surface area contributed by atoms with Gasteiger partial charge in [0.25, 0.3) is 0 Å². The molecule has 29 heavy (non-hydrogen) atoms. The fraction of sp³-hybridized carbons (Fsp3) is 0.167. The van der Waals surface area contributed by atoms with Crippen molar-refractivity contribution in [3.05, 3.63) is 95.2 Å². The number of ether oxygens (including phenoxy) is 1. The second-order valence-electron chi connectivity index (χ2n) is 7.27. The van der Waals surface area contributed by atoms with E-state index in [1.165, 1.54) is 0 Å². The van der Waals surface area contributed by atoms with Crippen molar-refractivity contribution in [2.24, 2.45) is 0 Å². The average molecular weight is 406 g/mol. The number of aromatic amines is 1. The highest BCUT2D eigenvalue weighted by Gasteiger charge is 2.34. The lowest BCUT2D eigenvalue weighted by molar-refractivity contribution is 0.409. The molecular weight excluding hydrogens is 382 g/mol. The number of H-pyrrole nitrogens is 1. The van der Waals surface area contributed by atoms with Crippen LogP contribution in [0.25, 0.3) is 10.9 Å². The van der Waals surface area contributed by atoms with E-state index in [1.54, 1.807) is 31.5 Å². The first-order valence-electron chi connectivity index (χ1n) is 9.43. The molecule has 1 atom stereocenters. The molecule has 0 spiro atoms. The highest BCUT2D eigenvalue weighted by Crippen LogP contribution is 2.42. The Bertz CT molecular complexity index is 1270. The lowest BCUT2D eigenvalue weighted by Crippen LogP contribution is -2.16. The summed E-state index contributed by atoms with van der Waals surface area (Å²) in [5, 5.41) is 0.00787. The van der Waals surface area contributed by atoms with Gasteiger partial charge < -0.3 is 9.72 Å². The third-order valence-electron chi connectivity index (χ3n) is 5.23. The Morgan fingerprint density at radius 1 is 0.862 bits per heavy atom. The van der Waals surface area contributed by atoms with E-state index in [2.05, 4.69) is 4.98 Å². The fourth-order valence-corrected chi connectivity index (χ4v) is 5.57. The Kier molecular flexibility index (Phi) is 4.92.